The van der Waals surface area contributed by atoms with Gasteiger partial charge < -0.3 is 40.9 Å². The summed E-state index contributed by atoms with van der Waals surface area (Å²) in [5.74, 6) is -1.11. The molecule has 1 aliphatic carbocycles. The Bertz CT molecular complexity index is 289. The molecule has 0 aromatic carbocycles. The molecule has 1 fully saturated rings. The van der Waals surface area contributed by atoms with Crippen molar-refractivity contribution in [2.75, 3.05) is 13.2 Å². The number of hydrogen-bond acceptors (Lipinski definition) is 8. The van der Waals surface area contributed by atoms with Crippen molar-refractivity contribution in [2.24, 2.45) is 11.8 Å². The van der Waals surface area contributed by atoms with Crippen molar-refractivity contribution in [1.29, 1.82) is 0 Å². The van der Waals surface area contributed by atoms with Crippen molar-refractivity contribution in [3.8, 4) is 0 Å². The van der Waals surface area contributed by atoms with Gasteiger partial charge in [0.15, 0.2) is 0 Å². The van der Waals surface area contributed by atoms with Crippen LogP contribution in [-0.2, 0) is 0 Å². The quantitative estimate of drug-likeness (QED) is 0.247. The Morgan fingerprint density at radius 3 is 2.15 bits per heavy atom. The van der Waals surface area contributed by atoms with Gasteiger partial charge >= 0.3 is 0 Å². The third-order valence-corrected chi connectivity index (χ3v) is 4.03. The van der Waals surface area contributed by atoms with Crippen molar-refractivity contribution in [2.45, 2.75) is 49.5 Å². The lowest BCUT2D eigenvalue weighted by Crippen LogP contribution is -2.54. The lowest BCUT2D eigenvalue weighted by Gasteiger charge is -2.36. The minimum Gasteiger partial charge on any atom is -0.848 e. The molecule has 0 saturated heterocycles. The van der Waals surface area contributed by atoms with Gasteiger partial charge in [-0.05, 0) is 18.8 Å². The zero-order valence-corrected chi connectivity index (χ0v) is 11.0. The molecule has 0 spiro atoms. The highest BCUT2D eigenvalue weighted by Crippen LogP contribution is 2.35. The summed E-state index contributed by atoms with van der Waals surface area (Å²) in [4.78, 5) is 0. The molecule has 8 heteroatoms. The monoisotopic (exact) mass is 295 g/mol. The van der Waals surface area contributed by atoms with Gasteiger partial charge in [-0.25, -0.2) is 0 Å². The first kappa shape index (κ1) is 17.7. The van der Waals surface area contributed by atoms with Gasteiger partial charge in [-0.1, -0.05) is 6.10 Å². The van der Waals surface area contributed by atoms with Crippen LogP contribution in [0.4, 0.5) is 0 Å². The normalized spacial score (nSPS) is 36.6. The van der Waals surface area contributed by atoms with E-state index in [1.54, 1.807) is 0 Å². The summed E-state index contributed by atoms with van der Waals surface area (Å²) in [5.41, 5.74) is 0. The molecule has 1 saturated carbocycles. The summed E-state index contributed by atoms with van der Waals surface area (Å²) in [6, 6.07) is 0. The average molecular weight is 295 g/mol. The lowest BCUT2D eigenvalue weighted by molar-refractivity contribution is -0.460. The maximum Gasteiger partial charge on any atom is 0.102 e. The number of aliphatic hydroxyl groups is 7. The fourth-order valence-electron chi connectivity index (χ4n) is 2.72. The van der Waals surface area contributed by atoms with Crippen LogP contribution in [0.25, 0.3) is 0 Å². The van der Waals surface area contributed by atoms with Gasteiger partial charge in [0.05, 0.1) is 24.9 Å². The van der Waals surface area contributed by atoms with E-state index in [1.165, 1.54) is 0 Å². The minimum absolute atomic E-state index is 0.122. The first-order valence-electron chi connectivity index (χ1n) is 6.61. The second-order valence-electron chi connectivity index (χ2n) is 5.41. The van der Waals surface area contributed by atoms with E-state index in [1.807, 2.05) is 0 Å². The Labute approximate surface area is 116 Å². The number of hydrogen-bond donors (Lipinski definition) is 7. The van der Waals surface area contributed by atoms with Crippen LogP contribution in [0.2, 0.25) is 0 Å². The molecule has 1 aliphatic rings. The van der Waals surface area contributed by atoms with Gasteiger partial charge in [-0.2, -0.15) is 0 Å². The average Bonchev–Trinajstić information content (AvgIpc) is 2.70. The standard InChI is InChI=1S/C12H23O8/c13-3-6-5(1-7(15)10(6)18)2-8(16)11(19)12(20)9(17)4-14/h5-18,20H,1-4H2/q-1/t5-,6-,7+,8+,9-,10+,11+,12+/m0/s1. The molecule has 7 N–H and O–H groups in total. The van der Waals surface area contributed by atoms with Crippen molar-refractivity contribution in [3.05, 3.63) is 0 Å². The van der Waals surface area contributed by atoms with Gasteiger partial charge in [0, 0.05) is 18.6 Å². The maximum atomic E-state index is 11.7. The SMILES string of the molecule is [O-][C@@H]([C@H](O)[C@@H](O)CO)[C@H](O)C[C@@H]1C[C@@H](O)[C@H](O)[C@H]1CO. The van der Waals surface area contributed by atoms with E-state index in [0.717, 1.165) is 0 Å². The van der Waals surface area contributed by atoms with Crippen LogP contribution in [0.5, 0.6) is 0 Å². The van der Waals surface area contributed by atoms with Crippen molar-refractivity contribution in [1.82, 2.24) is 0 Å². The smallest absolute Gasteiger partial charge is 0.102 e. The van der Waals surface area contributed by atoms with E-state index >= 15 is 0 Å². The molecule has 0 radical (unpaired) electrons. The third-order valence-electron chi connectivity index (χ3n) is 4.03. The minimum atomic E-state index is -1.92. The molecule has 20 heavy (non-hydrogen) atoms. The third kappa shape index (κ3) is 3.86. The van der Waals surface area contributed by atoms with Gasteiger partial charge in [-0.3, -0.25) is 0 Å². The Morgan fingerprint density at radius 2 is 1.65 bits per heavy atom. The second-order valence-corrected chi connectivity index (χ2v) is 5.41. The van der Waals surface area contributed by atoms with Crippen molar-refractivity contribution in [3.63, 3.8) is 0 Å². The molecular formula is C12H23O8-. The molecule has 0 aromatic heterocycles. The first-order valence-corrected chi connectivity index (χ1v) is 6.61. The highest BCUT2D eigenvalue weighted by Gasteiger charge is 2.42. The van der Waals surface area contributed by atoms with E-state index in [-0.39, 0.29) is 19.4 Å². The Kier molecular flexibility index (Phi) is 6.76. The van der Waals surface area contributed by atoms with Crippen LogP contribution < -0.4 is 5.11 Å². The van der Waals surface area contributed by atoms with E-state index in [4.69, 9.17) is 15.3 Å². The molecule has 0 bridgehead atoms. The Balaban J connectivity index is 2.59. The molecular weight excluding hydrogens is 272 g/mol. The van der Waals surface area contributed by atoms with E-state index in [0.29, 0.717) is 0 Å². The highest BCUT2D eigenvalue weighted by atomic mass is 16.4. The summed E-state index contributed by atoms with van der Waals surface area (Å²) in [7, 11) is 0. The van der Waals surface area contributed by atoms with Crippen LogP contribution in [0.1, 0.15) is 12.8 Å². The molecule has 0 aliphatic heterocycles. The summed E-state index contributed by atoms with van der Waals surface area (Å²) >= 11 is 0. The summed E-state index contributed by atoms with van der Waals surface area (Å²) in [5, 5.41) is 77.0. The zero-order valence-electron chi connectivity index (χ0n) is 11.0. The fraction of sp³-hybridized carbons (Fsp3) is 1.00. The van der Waals surface area contributed by atoms with Gasteiger partial charge in [0.25, 0.3) is 0 Å². The second kappa shape index (κ2) is 7.62. The molecule has 0 aromatic rings. The van der Waals surface area contributed by atoms with Crippen LogP contribution in [0, 0.1) is 11.8 Å². The molecule has 120 valence electrons. The maximum absolute atomic E-state index is 11.7. The van der Waals surface area contributed by atoms with Crippen LogP contribution in [0.15, 0.2) is 0 Å². The van der Waals surface area contributed by atoms with E-state index < -0.39 is 55.1 Å². The number of rotatable bonds is 7. The molecule has 8 nitrogen and oxygen atoms in total. The molecule has 0 unspecified atom stereocenters. The highest BCUT2D eigenvalue weighted by molar-refractivity contribution is 4.93. The van der Waals surface area contributed by atoms with Crippen LogP contribution in [0.3, 0.4) is 0 Å². The molecule has 0 heterocycles. The predicted octanol–water partition coefficient (Wildman–Crippen LogP) is -4.47. The first-order chi connectivity index (χ1) is 9.33. The topological polar surface area (TPSA) is 165 Å². The van der Waals surface area contributed by atoms with E-state index in [9.17, 15) is 25.5 Å². The van der Waals surface area contributed by atoms with Crippen LogP contribution in [-0.4, -0.2) is 85.6 Å². The fourth-order valence-corrected chi connectivity index (χ4v) is 2.72. The molecule has 8 atom stereocenters. The zero-order chi connectivity index (χ0) is 15.4. The largest absolute Gasteiger partial charge is 0.848 e. The number of aliphatic hydroxyl groups excluding tert-OH is 7. The summed E-state index contributed by atoms with van der Waals surface area (Å²) in [6.07, 6.45) is -9.04. The Hall–Kier alpha value is -0.320. The van der Waals surface area contributed by atoms with Crippen molar-refractivity contribution < 1.29 is 40.9 Å². The summed E-state index contributed by atoms with van der Waals surface area (Å²) < 4.78 is 0. The molecule has 0 amide bonds. The Morgan fingerprint density at radius 1 is 1.05 bits per heavy atom. The molecule has 1 rings (SSSR count). The van der Waals surface area contributed by atoms with Gasteiger partial charge in [0.1, 0.15) is 6.10 Å². The summed E-state index contributed by atoms with van der Waals surface area (Å²) in [6.45, 7) is -1.19. The van der Waals surface area contributed by atoms with Crippen LogP contribution >= 0.6 is 0 Å². The van der Waals surface area contributed by atoms with E-state index in [2.05, 4.69) is 0 Å². The predicted molar refractivity (Wildman–Crippen MR) is 64.2 cm³/mol. The lowest BCUT2D eigenvalue weighted by atomic mass is 9.87. The van der Waals surface area contributed by atoms with Gasteiger partial charge in [-0.15, -0.1) is 0 Å². The van der Waals surface area contributed by atoms with Gasteiger partial charge in [0.2, 0.25) is 0 Å². The van der Waals surface area contributed by atoms with Crippen molar-refractivity contribution >= 4 is 0 Å².